The molecule has 4 nitrogen and oxygen atoms in total. The highest BCUT2D eigenvalue weighted by molar-refractivity contribution is 5.82. The summed E-state index contributed by atoms with van der Waals surface area (Å²) in [6.45, 7) is 5.01. The predicted molar refractivity (Wildman–Crippen MR) is 96.0 cm³/mol. The van der Waals surface area contributed by atoms with E-state index in [1.807, 2.05) is 24.3 Å². The summed E-state index contributed by atoms with van der Waals surface area (Å²) in [6, 6.07) is 14.5. The number of imidazole rings is 1. The highest BCUT2D eigenvalue weighted by Crippen LogP contribution is 2.28. The van der Waals surface area contributed by atoms with Gasteiger partial charge in [0.25, 0.3) is 0 Å². The van der Waals surface area contributed by atoms with Gasteiger partial charge in [-0.2, -0.15) is 5.26 Å². The van der Waals surface area contributed by atoms with Gasteiger partial charge >= 0.3 is 0 Å². The molecule has 3 rings (SSSR count). The molecule has 0 fully saturated rings. The summed E-state index contributed by atoms with van der Waals surface area (Å²) in [5.74, 6) is 1.77. The maximum absolute atomic E-state index is 8.84. The molecule has 0 aliphatic rings. The summed E-state index contributed by atoms with van der Waals surface area (Å²) in [5.41, 5.74) is 5.68. The Bertz CT molecular complexity index is 901. The van der Waals surface area contributed by atoms with Crippen LogP contribution in [0.15, 0.2) is 36.4 Å². The molecule has 0 spiro atoms. The van der Waals surface area contributed by atoms with E-state index in [1.54, 1.807) is 7.11 Å². The zero-order chi connectivity index (χ0) is 17.1. The summed E-state index contributed by atoms with van der Waals surface area (Å²) in [4.78, 5) is 4.86. The van der Waals surface area contributed by atoms with Crippen LogP contribution in [0.5, 0.6) is 5.75 Å². The Hall–Kier alpha value is -2.80. The molecule has 2 aromatic carbocycles. The van der Waals surface area contributed by atoms with E-state index in [0.29, 0.717) is 6.42 Å². The van der Waals surface area contributed by atoms with Gasteiger partial charge in [-0.1, -0.05) is 0 Å². The van der Waals surface area contributed by atoms with Crippen LogP contribution in [0.4, 0.5) is 0 Å². The van der Waals surface area contributed by atoms with E-state index < -0.39 is 0 Å². The van der Waals surface area contributed by atoms with Crippen molar-refractivity contribution in [3.05, 3.63) is 47.5 Å². The summed E-state index contributed by atoms with van der Waals surface area (Å²) in [7, 11) is 1.66. The molecule has 0 bridgehead atoms. The van der Waals surface area contributed by atoms with Crippen LogP contribution in [0.2, 0.25) is 0 Å². The van der Waals surface area contributed by atoms with Crippen LogP contribution in [0.1, 0.15) is 24.0 Å². The van der Waals surface area contributed by atoms with Gasteiger partial charge in [0.15, 0.2) is 0 Å². The Morgan fingerprint density at radius 2 is 1.83 bits per heavy atom. The molecule has 24 heavy (non-hydrogen) atoms. The highest BCUT2D eigenvalue weighted by atomic mass is 16.5. The fourth-order valence-electron chi connectivity index (χ4n) is 2.88. The van der Waals surface area contributed by atoms with E-state index in [9.17, 15) is 0 Å². The minimum Gasteiger partial charge on any atom is -0.497 e. The molecule has 0 N–H and O–H groups in total. The quantitative estimate of drug-likeness (QED) is 0.644. The monoisotopic (exact) mass is 319 g/mol. The molecular formula is C20H21N3O. The predicted octanol–water partition coefficient (Wildman–Crippen LogP) is 4.63. The zero-order valence-electron chi connectivity index (χ0n) is 14.3. The lowest BCUT2D eigenvalue weighted by molar-refractivity contribution is 0.415. The van der Waals surface area contributed by atoms with E-state index >= 15 is 0 Å². The Balaban J connectivity index is 2.13. The first-order valence-corrected chi connectivity index (χ1v) is 8.13. The third-order valence-corrected chi connectivity index (χ3v) is 4.38. The van der Waals surface area contributed by atoms with Gasteiger partial charge in [-0.15, -0.1) is 0 Å². The number of aromatic nitrogens is 2. The number of nitrogens with zero attached hydrogens (tertiary/aromatic N) is 3. The molecule has 1 aromatic heterocycles. The number of ether oxygens (including phenoxy) is 1. The van der Waals surface area contributed by atoms with Gasteiger partial charge in [0.2, 0.25) is 0 Å². The van der Waals surface area contributed by atoms with Crippen LogP contribution >= 0.6 is 0 Å². The second kappa shape index (κ2) is 6.76. The lowest BCUT2D eigenvalue weighted by Gasteiger charge is -2.09. The molecule has 4 heteroatoms. The van der Waals surface area contributed by atoms with Crippen molar-refractivity contribution in [1.29, 1.82) is 5.26 Å². The Morgan fingerprint density at radius 3 is 2.50 bits per heavy atom. The number of rotatable bonds is 5. The molecule has 0 aliphatic heterocycles. The Kier molecular flexibility index (Phi) is 4.52. The van der Waals surface area contributed by atoms with Crippen LogP contribution < -0.4 is 4.74 Å². The number of hydrogen-bond acceptors (Lipinski definition) is 3. The standard InChI is InChI=1S/C20H21N3O/c1-14-12-18-19(13-15(14)2)23(11-5-4-10-21)20(22-18)16-6-8-17(24-3)9-7-16/h6-9,12-13H,4-5,11H2,1-3H3. The van der Waals surface area contributed by atoms with Crippen LogP contribution in [0.25, 0.3) is 22.4 Å². The summed E-state index contributed by atoms with van der Waals surface area (Å²) < 4.78 is 7.47. The normalized spacial score (nSPS) is 10.8. The minimum atomic E-state index is 0.548. The second-order valence-corrected chi connectivity index (χ2v) is 6.00. The summed E-state index contributed by atoms with van der Waals surface area (Å²) in [5, 5.41) is 8.84. The number of fused-ring (bicyclic) bond motifs is 1. The highest BCUT2D eigenvalue weighted by Gasteiger charge is 2.13. The van der Waals surface area contributed by atoms with Crippen LogP contribution in [0, 0.1) is 25.2 Å². The van der Waals surface area contributed by atoms with Crippen molar-refractivity contribution in [1.82, 2.24) is 9.55 Å². The van der Waals surface area contributed by atoms with E-state index in [0.717, 1.165) is 41.1 Å². The van der Waals surface area contributed by atoms with Crippen LogP contribution in [0.3, 0.4) is 0 Å². The molecule has 122 valence electrons. The molecule has 0 saturated heterocycles. The van der Waals surface area contributed by atoms with Crippen molar-refractivity contribution in [3.63, 3.8) is 0 Å². The Labute approximate surface area is 142 Å². The van der Waals surface area contributed by atoms with E-state index in [2.05, 4.69) is 36.6 Å². The van der Waals surface area contributed by atoms with Crippen molar-refractivity contribution in [3.8, 4) is 23.2 Å². The average molecular weight is 319 g/mol. The van der Waals surface area contributed by atoms with Crippen molar-refractivity contribution in [2.75, 3.05) is 7.11 Å². The fraction of sp³-hybridized carbons (Fsp3) is 0.300. The van der Waals surface area contributed by atoms with Gasteiger partial charge in [0.05, 0.1) is 24.2 Å². The molecule has 3 aromatic rings. The molecule has 0 amide bonds. The maximum atomic E-state index is 8.84. The van der Waals surface area contributed by atoms with Crippen molar-refractivity contribution in [2.24, 2.45) is 0 Å². The molecule has 1 heterocycles. The van der Waals surface area contributed by atoms with E-state index in [1.165, 1.54) is 11.1 Å². The first-order valence-electron chi connectivity index (χ1n) is 8.13. The average Bonchev–Trinajstić information content (AvgIpc) is 2.93. The van der Waals surface area contributed by atoms with Crippen LogP contribution in [-0.2, 0) is 6.54 Å². The van der Waals surface area contributed by atoms with Crippen molar-refractivity contribution < 1.29 is 4.74 Å². The van der Waals surface area contributed by atoms with Gasteiger partial charge in [0, 0.05) is 18.5 Å². The number of aryl methyl sites for hydroxylation is 3. The van der Waals surface area contributed by atoms with E-state index in [4.69, 9.17) is 15.0 Å². The second-order valence-electron chi connectivity index (χ2n) is 6.00. The summed E-state index contributed by atoms with van der Waals surface area (Å²) >= 11 is 0. The molecular weight excluding hydrogens is 298 g/mol. The number of unbranched alkanes of at least 4 members (excludes halogenated alkanes) is 1. The van der Waals surface area contributed by atoms with Crippen molar-refractivity contribution in [2.45, 2.75) is 33.2 Å². The SMILES string of the molecule is COc1ccc(-c2nc3cc(C)c(C)cc3n2CCCC#N)cc1. The topological polar surface area (TPSA) is 50.8 Å². The largest absolute Gasteiger partial charge is 0.497 e. The van der Waals surface area contributed by atoms with Gasteiger partial charge in [-0.3, -0.25) is 0 Å². The van der Waals surface area contributed by atoms with Gasteiger partial charge in [-0.05, 0) is 67.8 Å². The molecule has 0 saturated carbocycles. The molecule has 0 atom stereocenters. The maximum Gasteiger partial charge on any atom is 0.141 e. The molecule has 0 aliphatic carbocycles. The van der Waals surface area contributed by atoms with Crippen molar-refractivity contribution >= 4 is 11.0 Å². The first-order chi connectivity index (χ1) is 11.6. The lowest BCUT2D eigenvalue weighted by atomic mass is 10.1. The third kappa shape index (κ3) is 2.98. The third-order valence-electron chi connectivity index (χ3n) is 4.38. The number of methoxy groups -OCH3 is 1. The fourth-order valence-corrected chi connectivity index (χ4v) is 2.88. The number of hydrogen-bond donors (Lipinski definition) is 0. The number of nitriles is 1. The van der Waals surface area contributed by atoms with Gasteiger partial charge in [0.1, 0.15) is 11.6 Å². The smallest absolute Gasteiger partial charge is 0.141 e. The minimum absolute atomic E-state index is 0.548. The van der Waals surface area contributed by atoms with Gasteiger partial charge < -0.3 is 9.30 Å². The zero-order valence-corrected chi connectivity index (χ0v) is 14.3. The van der Waals surface area contributed by atoms with Gasteiger partial charge in [-0.25, -0.2) is 4.98 Å². The summed E-state index contributed by atoms with van der Waals surface area (Å²) in [6.07, 6.45) is 1.37. The van der Waals surface area contributed by atoms with Crippen LogP contribution in [-0.4, -0.2) is 16.7 Å². The lowest BCUT2D eigenvalue weighted by Crippen LogP contribution is -2.01. The number of benzene rings is 2. The molecule has 0 unspecified atom stereocenters. The first kappa shape index (κ1) is 16.1. The Morgan fingerprint density at radius 1 is 1.12 bits per heavy atom. The molecule has 0 radical (unpaired) electrons. The van der Waals surface area contributed by atoms with E-state index in [-0.39, 0.29) is 0 Å².